The Balaban J connectivity index is 2.28. The van der Waals surface area contributed by atoms with E-state index in [1.54, 1.807) is 6.33 Å². The SMILES string of the molecule is CCCc1c(NCC)ncnc1N1CCOCC1. The van der Waals surface area contributed by atoms with Crippen molar-refractivity contribution in [2.24, 2.45) is 0 Å². The zero-order valence-corrected chi connectivity index (χ0v) is 11.3. The maximum Gasteiger partial charge on any atom is 0.137 e. The molecule has 100 valence electrons. The molecule has 18 heavy (non-hydrogen) atoms. The number of morpholine rings is 1. The van der Waals surface area contributed by atoms with Crippen molar-refractivity contribution in [3.05, 3.63) is 11.9 Å². The van der Waals surface area contributed by atoms with Gasteiger partial charge in [-0.3, -0.25) is 0 Å². The third kappa shape index (κ3) is 2.90. The molecule has 1 aromatic rings. The second kappa shape index (κ2) is 6.54. The maximum atomic E-state index is 5.40. The van der Waals surface area contributed by atoms with E-state index in [9.17, 15) is 0 Å². The summed E-state index contributed by atoms with van der Waals surface area (Å²) in [5, 5.41) is 3.33. The summed E-state index contributed by atoms with van der Waals surface area (Å²) < 4.78 is 5.40. The quantitative estimate of drug-likeness (QED) is 0.862. The Morgan fingerprint density at radius 3 is 2.72 bits per heavy atom. The molecule has 1 aliphatic heterocycles. The Bertz CT molecular complexity index is 377. The first kappa shape index (κ1) is 13.1. The molecule has 1 aliphatic rings. The first-order valence-electron chi connectivity index (χ1n) is 6.77. The summed E-state index contributed by atoms with van der Waals surface area (Å²) in [4.78, 5) is 11.1. The smallest absolute Gasteiger partial charge is 0.137 e. The highest BCUT2D eigenvalue weighted by Gasteiger charge is 2.18. The van der Waals surface area contributed by atoms with Gasteiger partial charge in [-0.25, -0.2) is 9.97 Å². The Kier molecular flexibility index (Phi) is 4.75. The summed E-state index contributed by atoms with van der Waals surface area (Å²) in [7, 11) is 0. The van der Waals surface area contributed by atoms with E-state index in [4.69, 9.17) is 4.74 Å². The van der Waals surface area contributed by atoms with E-state index < -0.39 is 0 Å². The molecule has 1 aromatic heterocycles. The van der Waals surface area contributed by atoms with Crippen LogP contribution in [0.25, 0.3) is 0 Å². The molecule has 1 N–H and O–H groups in total. The van der Waals surface area contributed by atoms with Crippen LogP contribution in [0.15, 0.2) is 6.33 Å². The van der Waals surface area contributed by atoms with Crippen molar-refractivity contribution in [3.63, 3.8) is 0 Å². The van der Waals surface area contributed by atoms with Crippen LogP contribution in [0.3, 0.4) is 0 Å². The van der Waals surface area contributed by atoms with E-state index in [0.717, 1.165) is 57.3 Å². The van der Waals surface area contributed by atoms with Crippen molar-refractivity contribution in [3.8, 4) is 0 Å². The van der Waals surface area contributed by atoms with Crippen LogP contribution in [0.2, 0.25) is 0 Å². The summed E-state index contributed by atoms with van der Waals surface area (Å²) in [6.45, 7) is 8.56. The highest BCUT2D eigenvalue weighted by atomic mass is 16.5. The molecule has 0 aromatic carbocycles. The van der Waals surface area contributed by atoms with Gasteiger partial charge >= 0.3 is 0 Å². The van der Waals surface area contributed by atoms with Gasteiger partial charge in [0.05, 0.1) is 13.2 Å². The molecular formula is C13H22N4O. The van der Waals surface area contributed by atoms with Crippen LogP contribution in [-0.2, 0) is 11.2 Å². The Morgan fingerprint density at radius 1 is 1.28 bits per heavy atom. The lowest BCUT2D eigenvalue weighted by Gasteiger charge is -2.30. The third-order valence-electron chi connectivity index (χ3n) is 3.08. The van der Waals surface area contributed by atoms with Crippen LogP contribution in [0.4, 0.5) is 11.6 Å². The molecule has 0 saturated carbocycles. The van der Waals surface area contributed by atoms with Gasteiger partial charge in [0.25, 0.3) is 0 Å². The molecule has 0 unspecified atom stereocenters. The second-order valence-electron chi connectivity index (χ2n) is 4.40. The number of nitrogens with one attached hydrogen (secondary N) is 1. The van der Waals surface area contributed by atoms with Crippen LogP contribution in [0.1, 0.15) is 25.8 Å². The van der Waals surface area contributed by atoms with Gasteiger partial charge in [-0.1, -0.05) is 13.3 Å². The zero-order valence-electron chi connectivity index (χ0n) is 11.3. The van der Waals surface area contributed by atoms with Crippen molar-refractivity contribution >= 4 is 11.6 Å². The predicted molar refractivity (Wildman–Crippen MR) is 73.2 cm³/mol. The van der Waals surface area contributed by atoms with Crippen LogP contribution in [0.5, 0.6) is 0 Å². The first-order chi connectivity index (χ1) is 8.86. The number of nitrogens with zero attached hydrogens (tertiary/aromatic N) is 3. The van der Waals surface area contributed by atoms with Crippen LogP contribution >= 0.6 is 0 Å². The molecular weight excluding hydrogens is 228 g/mol. The molecule has 5 nitrogen and oxygen atoms in total. The van der Waals surface area contributed by atoms with Crippen molar-refractivity contribution in [1.29, 1.82) is 0 Å². The fourth-order valence-corrected chi connectivity index (χ4v) is 2.25. The number of anilines is 2. The lowest BCUT2D eigenvalue weighted by molar-refractivity contribution is 0.122. The molecule has 0 spiro atoms. The molecule has 5 heteroatoms. The van der Waals surface area contributed by atoms with Crippen molar-refractivity contribution in [2.45, 2.75) is 26.7 Å². The standard InChI is InChI=1S/C13H22N4O/c1-3-5-11-12(14-4-2)15-10-16-13(11)17-6-8-18-9-7-17/h10H,3-9H2,1-2H3,(H,14,15,16). The summed E-state index contributed by atoms with van der Waals surface area (Å²) in [5.41, 5.74) is 1.24. The molecule has 0 bridgehead atoms. The van der Waals surface area contributed by atoms with Gasteiger partial charge in [0.1, 0.15) is 18.0 Å². The lowest BCUT2D eigenvalue weighted by Crippen LogP contribution is -2.37. The number of rotatable bonds is 5. The third-order valence-corrected chi connectivity index (χ3v) is 3.08. The molecule has 2 rings (SSSR count). The van der Waals surface area contributed by atoms with Crippen molar-refractivity contribution in [1.82, 2.24) is 9.97 Å². The minimum absolute atomic E-state index is 0.784. The normalized spacial score (nSPS) is 15.8. The number of ether oxygens (including phenoxy) is 1. The Hall–Kier alpha value is -1.36. The van der Waals surface area contributed by atoms with E-state index in [2.05, 4.69) is 34.0 Å². The van der Waals surface area contributed by atoms with Gasteiger partial charge in [0, 0.05) is 25.2 Å². The van der Waals surface area contributed by atoms with Gasteiger partial charge < -0.3 is 15.0 Å². The van der Waals surface area contributed by atoms with Crippen LogP contribution < -0.4 is 10.2 Å². The molecule has 0 amide bonds. The largest absolute Gasteiger partial charge is 0.378 e. The Labute approximate surface area is 109 Å². The maximum absolute atomic E-state index is 5.40. The molecule has 0 atom stereocenters. The summed E-state index contributed by atoms with van der Waals surface area (Å²) in [6.07, 6.45) is 3.76. The molecule has 1 saturated heterocycles. The average Bonchev–Trinajstić information content (AvgIpc) is 2.42. The fraction of sp³-hybridized carbons (Fsp3) is 0.692. The highest BCUT2D eigenvalue weighted by molar-refractivity contribution is 5.59. The summed E-state index contributed by atoms with van der Waals surface area (Å²) in [6, 6.07) is 0. The van der Waals surface area contributed by atoms with E-state index >= 15 is 0 Å². The van der Waals surface area contributed by atoms with E-state index in [0.29, 0.717) is 0 Å². The Morgan fingerprint density at radius 2 is 2.06 bits per heavy atom. The number of hydrogen-bond acceptors (Lipinski definition) is 5. The molecule has 1 fully saturated rings. The highest BCUT2D eigenvalue weighted by Crippen LogP contribution is 2.25. The first-order valence-corrected chi connectivity index (χ1v) is 6.77. The molecule has 0 aliphatic carbocycles. The van der Waals surface area contributed by atoms with Gasteiger partial charge in [-0.2, -0.15) is 0 Å². The second-order valence-corrected chi connectivity index (χ2v) is 4.40. The molecule has 0 radical (unpaired) electrons. The minimum atomic E-state index is 0.784. The van der Waals surface area contributed by atoms with Gasteiger partial charge in [-0.15, -0.1) is 0 Å². The predicted octanol–water partition coefficient (Wildman–Crippen LogP) is 1.70. The topological polar surface area (TPSA) is 50.3 Å². The van der Waals surface area contributed by atoms with Gasteiger partial charge in [0.2, 0.25) is 0 Å². The summed E-state index contributed by atoms with van der Waals surface area (Å²) >= 11 is 0. The zero-order chi connectivity index (χ0) is 12.8. The van der Waals surface area contributed by atoms with E-state index in [1.165, 1.54) is 5.56 Å². The van der Waals surface area contributed by atoms with E-state index in [1.807, 2.05) is 0 Å². The molecule has 2 heterocycles. The monoisotopic (exact) mass is 250 g/mol. The number of hydrogen-bond donors (Lipinski definition) is 1. The van der Waals surface area contributed by atoms with Crippen molar-refractivity contribution < 1.29 is 4.74 Å². The lowest BCUT2D eigenvalue weighted by atomic mass is 10.1. The van der Waals surface area contributed by atoms with E-state index in [-0.39, 0.29) is 0 Å². The minimum Gasteiger partial charge on any atom is -0.378 e. The fourth-order valence-electron chi connectivity index (χ4n) is 2.25. The average molecular weight is 250 g/mol. The van der Waals surface area contributed by atoms with Crippen LogP contribution in [-0.4, -0.2) is 42.8 Å². The van der Waals surface area contributed by atoms with Gasteiger partial charge in [0.15, 0.2) is 0 Å². The van der Waals surface area contributed by atoms with Crippen LogP contribution in [0, 0.1) is 0 Å². The van der Waals surface area contributed by atoms with Gasteiger partial charge in [-0.05, 0) is 13.3 Å². The number of aromatic nitrogens is 2. The van der Waals surface area contributed by atoms with Crippen molar-refractivity contribution in [2.75, 3.05) is 43.1 Å². The summed E-state index contributed by atoms with van der Waals surface area (Å²) in [5.74, 6) is 2.06.